The summed E-state index contributed by atoms with van der Waals surface area (Å²) in [6, 6.07) is 30.3. The maximum Gasteiger partial charge on any atom is 0.269 e. The lowest BCUT2D eigenvalue weighted by Gasteiger charge is -2.23. The molecule has 0 aromatic heterocycles. The zero-order valence-corrected chi connectivity index (χ0v) is 21.3. The Morgan fingerprint density at radius 2 is 1.41 bits per heavy atom. The number of anilines is 1. The first-order valence-electron chi connectivity index (χ1n) is 11.9. The number of hydrogen-bond donors (Lipinski definition) is 1. The van der Waals surface area contributed by atoms with Crippen molar-refractivity contribution in [3.05, 3.63) is 125 Å². The molecule has 194 valence electrons. The number of sulfonamides is 1. The van der Waals surface area contributed by atoms with E-state index >= 15 is 0 Å². The maximum absolute atomic E-state index is 13.4. The van der Waals surface area contributed by atoms with Gasteiger partial charge >= 0.3 is 0 Å². The lowest BCUT2D eigenvalue weighted by Crippen LogP contribution is -2.39. The van der Waals surface area contributed by atoms with E-state index in [4.69, 9.17) is 0 Å². The molecule has 5 rings (SSSR count). The van der Waals surface area contributed by atoms with Crippen LogP contribution >= 0.6 is 0 Å². The third-order valence-electron chi connectivity index (χ3n) is 6.16. The van der Waals surface area contributed by atoms with Crippen LogP contribution < -0.4 is 9.73 Å². The van der Waals surface area contributed by atoms with Crippen LogP contribution in [0.5, 0.6) is 0 Å². The molecule has 5 aromatic rings. The van der Waals surface area contributed by atoms with Gasteiger partial charge < -0.3 is 0 Å². The number of nitro benzene ring substituents is 1. The number of hydrazone groups is 1. The fraction of sp³-hybridized carbons (Fsp3) is 0.0345. The third-order valence-corrected chi connectivity index (χ3v) is 7.95. The minimum atomic E-state index is -4.17. The number of rotatable bonds is 8. The molecule has 0 aliphatic rings. The van der Waals surface area contributed by atoms with E-state index in [0.717, 1.165) is 31.4 Å². The van der Waals surface area contributed by atoms with Crippen molar-refractivity contribution in [2.75, 3.05) is 10.8 Å². The smallest absolute Gasteiger partial charge is 0.269 e. The van der Waals surface area contributed by atoms with Gasteiger partial charge in [0.25, 0.3) is 21.6 Å². The zero-order chi connectivity index (χ0) is 27.4. The van der Waals surface area contributed by atoms with Gasteiger partial charge in [-0.05, 0) is 51.9 Å². The fourth-order valence-electron chi connectivity index (χ4n) is 4.30. The van der Waals surface area contributed by atoms with E-state index in [2.05, 4.69) is 16.6 Å². The summed E-state index contributed by atoms with van der Waals surface area (Å²) in [6.07, 6.45) is 1.55. The Bertz CT molecular complexity index is 1770. The highest BCUT2D eigenvalue weighted by Gasteiger charge is 2.27. The van der Waals surface area contributed by atoms with Gasteiger partial charge in [0, 0.05) is 17.7 Å². The number of benzene rings is 5. The summed E-state index contributed by atoms with van der Waals surface area (Å²) in [4.78, 5) is 23.4. The average Bonchev–Trinajstić information content (AvgIpc) is 2.96. The highest BCUT2D eigenvalue weighted by atomic mass is 32.2. The van der Waals surface area contributed by atoms with Crippen molar-refractivity contribution in [3.8, 4) is 0 Å². The van der Waals surface area contributed by atoms with Crippen LogP contribution in [-0.4, -0.2) is 32.0 Å². The monoisotopic (exact) mass is 538 g/mol. The molecule has 0 bridgehead atoms. The summed E-state index contributed by atoms with van der Waals surface area (Å²) < 4.78 is 27.8. The highest BCUT2D eigenvalue weighted by Crippen LogP contribution is 2.28. The molecule has 0 saturated carbocycles. The molecule has 1 amide bonds. The van der Waals surface area contributed by atoms with Crippen molar-refractivity contribution in [2.45, 2.75) is 4.90 Å². The predicted molar refractivity (Wildman–Crippen MR) is 151 cm³/mol. The second kappa shape index (κ2) is 10.7. The summed E-state index contributed by atoms with van der Waals surface area (Å²) in [6.45, 7) is -0.595. The molecule has 0 atom stereocenters. The van der Waals surface area contributed by atoms with E-state index in [0.29, 0.717) is 0 Å². The van der Waals surface area contributed by atoms with Gasteiger partial charge in [-0.25, -0.2) is 13.8 Å². The predicted octanol–water partition coefficient (Wildman–Crippen LogP) is 5.25. The number of hydrogen-bond acceptors (Lipinski definition) is 6. The van der Waals surface area contributed by atoms with Crippen LogP contribution in [-0.2, 0) is 14.8 Å². The number of nitrogens with one attached hydrogen (secondary N) is 1. The van der Waals surface area contributed by atoms with Crippen molar-refractivity contribution in [2.24, 2.45) is 5.10 Å². The molecule has 5 aromatic carbocycles. The Labute approximate surface area is 224 Å². The molecule has 0 aliphatic heterocycles. The lowest BCUT2D eigenvalue weighted by molar-refractivity contribution is -0.384. The van der Waals surface area contributed by atoms with E-state index < -0.39 is 27.4 Å². The average molecular weight is 539 g/mol. The topological polar surface area (TPSA) is 122 Å². The maximum atomic E-state index is 13.4. The zero-order valence-electron chi connectivity index (χ0n) is 20.5. The van der Waals surface area contributed by atoms with Gasteiger partial charge in [0.05, 0.1) is 21.7 Å². The minimum absolute atomic E-state index is 0.0260. The van der Waals surface area contributed by atoms with E-state index in [1.54, 1.807) is 24.4 Å². The molecule has 0 fully saturated rings. The molecule has 0 radical (unpaired) electrons. The number of carbonyl (C=O) groups is 1. The van der Waals surface area contributed by atoms with Crippen molar-refractivity contribution in [1.29, 1.82) is 0 Å². The molecule has 9 nitrogen and oxygen atoms in total. The SMILES string of the molecule is O=C(CN(c1ccc([N+](=O)[O-])cc1)S(=O)(=O)c1ccccc1)N/N=C\c1c2ccccc2cc2ccccc12. The molecule has 0 aliphatic carbocycles. The van der Waals surface area contributed by atoms with Crippen molar-refractivity contribution in [3.63, 3.8) is 0 Å². The highest BCUT2D eigenvalue weighted by molar-refractivity contribution is 7.92. The summed E-state index contributed by atoms with van der Waals surface area (Å²) in [5, 5.41) is 19.2. The molecule has 10 heteroatoms. The standard InChI is InChI=1S/C29H22N4O5S/c34-29(31-30-19-28-26-12-6-4-8-21(26)18-22-9-5-7-13-27(22)28)20-32(23-14-16-24(17-15-23)33(35)36)39(37,38)25-10-2-1-3-11-25/h1-19H,20H2,(H,31,34)/b30-19-. The Morgan fingerprint density at radius 1 is 0.846 bits per heavy atom. The number of nitrogens with zero attached hydrogens (tertiary/aromatic N) is 3. The summed E-state index contributed by atoms with van der Waals surface area (Å²) in [7, 11) is -4.17. The lowest BCUT2D eigenvalue weighted by atomic mass is 9.97. The normalized spacial score (nSPS) is 11.6. The number of nitro groups is 1. The second-order valence-corrected chi connectivity index (χ2v) is 10.5. The summed E-state index contributed by atoms with van der Waals surface area (Å²) in [5.41, 5.74) is 3.14. The van der Waals surface area contributed by atoms with Gasteiger partial charge in [0.15, 0.2) is 0 Å². The Morgan fingerprint density at radius 3 is 2.00 bits per heavy atom. The number of amides is 1. The van der Waals surface area contributed by atoms with Gasteiger partial charge in [-0.2, -0.15) is 5.10 Å². The Balaban J connectivity index is 1.44. The van der Waals surface area contributed by atoms with Gasteiger partial charge in [0.2, 0.25) is 0 Å². The molecule has 0 saturated heterocycles. The minimum Gasteiger partial charge on any atom is -0.271 e. The molecule has 0 spiro atoms. The first-order valence-corrected chi connectivity index (χ1v) is 13.3. The number of carbonyl (C=O) groups excluding carboxylic acids is 1. The van der Waals surface area contributed by atoms with E-state index in [1.807, 2.05) is 48.5 Å². The van der Waals surface area contributed by atoms with Crippen molar-refractivity contribution < 1.29 is 18.1 Å². The summed E-state index contributed by atoms with van der Waals surface area (Å²) in [5.74, 6) is -0.686. The van der Waals surface area contributed by atoms with Crippen LogP contribution in [0.15, 0.2) is 119 Å². The summed E-state index contributed by atoms with van der Waals surface area (Å²) >= 11 is 0. The molecule has 0 heterocycles. The van der Waals surface area contributed by atoms with Crippen LogP contribution in [0, 0.1) is 10.1 Å². The quantitative estimate of drug-likeness (QED) is 0.125. The van der Waals surface area contributed by atoms with Crippen LogP contribution in [0.25, 0.3) is 21.5 Å². The van der Waals surface area contributed by atoms with Gasteiger partial charge in [0.1, 0.15) is 6.54 Å². The Hall–Kier alpha value is -5.09. The molecule has 0 unspecified atom stereocenters. The fourth-order valence-corrected chi connectivity index (χ4v) is 5.74. The van der Waals surface area contributed by atoms with Gasteiger partial charge in [-0.3, -0.25) is 19.2 Å². The van der Waals surface area contributed by atoms with Crippen LogP contribution in [0.4, 0.5) is 11.4 Å². The van der Waals surface area contributed by atoms with Crippen LogP contribution in [0.2, 0.25) is 0 Å². The number of fused-ring (bicyclic) bond motifs is 2. The van der Waals surface area contributed by atoms with E-state index in [1.165, 1.54) is 36.4 Å². The second-order valence-electron chi connectivity index (χ2n) is 8.62. The van der Waals surface area contributed by atoms with Gasteiger partial charge in [-0.1, -0.05) is 66.7 Å². The third kappa shape index (κ3) is 5.32. The van der Waals surface area contributed by atoms with Crippen LogP contribution in [0.1, 0.15) is 5.56 Å². The largest absolute Gasteiger partial charge is 0.271 e. The Kier molecular flexibility index (Phi) is 7.02. The molecular formula is C29H22N4O5S. The van der Waals surface area contributed by atoms with Crippen molar-refractivity contribution >= 4 is 55.1 Å². The molecular weight excluding hydrogens is 516 g/mol. The van der Waals surface area contributed by atoms with Crippen LogP contribution in [0.3, 0.4) is 0 Å². The molecule has 1 N–H and O–H groups in total. The first-order chi connectivity index (χ1) is 18.8. The number of non-ortho nitro benzene ring substituents is 1. The van der Waals surface area contributed by atoms with E-state index in [9.17, 15) is 23.3 Å². The van der Waals surface area contributed by atoms with Crippen molar-refractivity contribution in [1.82, 2.24) is 5.43 Å². The first kappa shape index (κ1) is 25.6. The van der Waals surface area contributed by atoms with E-state index in [-0.39, 0.29) is 16.3 Å². The van der Waals surface area contributed by atoms with Gasteiger partial charge in [-0.15, -0.1) is 0 Å². The molecule has 39 heavy (non-hydrogen) atoms.